The van der Waals surface area contributed by atoms with Gasteiger partial charge in [-0.15, -0.1) is 0 Å². The monoisotopic (exact) mass is 384 g/mol. The molecule has 1 aromatic heterocycles. The van der Waals surface area contributed by atoms with E-state index in [0.717, 1.165) is 36.8 Å². The van der Waals surface area contributed by atoms with Crippen molar-refractivity contribution in [1.29, 1.82) is 0 Å². The quantitative estimate of drug-likeness (QED) is 0.610. The molecule has 148 valence electrons. The molecule has 3 aromatic rings. The Hall–Kier alpha value is -2.65. The molecule has 1 atom stereocenters. The molecule has 1 fully saturated rings. The molecule has 0 bridgehead atoms. The van der Waals surface area contributed by atoms with Crippen molar-refractivity contribution >= 4 is 10.9 Å². The van der Waals surface area contributed by atoms with Gasteiger partial charge >= 0.3 is 0 Å². The van der Waals surface area contributed by atoms with Crippen LogP contribution in [0.5, 0.6) is 0 Å². The van der Waals surface area contributed by atoms with E-state index in [1.807, 2.05) is 6.07 Å². The predicted octanol–water partition coefficient (Wildman–Crippen LogP) is 5.42. The first-order valence-corrected chi connectivity index (χ1v) is 10.9. The van der Waals surface area contributed by atoms with Gasteiger partial charge in [-0.05, 0) is 73.2 Å². The van der Waals surface area contributed by atoms with Crippen LogP contribution in [-0.4, -0.2) is 23.0 Å². The van der Waals surface area contributed by atoms with Crippen molar-refractivity contribution < 1.29 is 0 Å². The maximum absolute atomic E-state index is 11.9. The highest BCUT2D eigenvalue weighted by atomic mass is 16.1. The average molecular weight is 385 g/mol. The summed E-state index contributed by atoms with van der Waals surface area (Å²) in [5.41, 5.74) is 3.77. The molecule has 1 aliphatic heterocycles. The summed E-state index contributed by atoms with van der Waals surface area (Å²) in [6.45, 7) is 2.21. The van der Waals surface area contributed by atoms with Gasteiger partial charge < -0.3 is 4.98 Å². The fourth-order valence-corrected chi connectivity index (χ4v) is 5.36. The third-order valence-electron chi connectivity index (χ3n) is 6.79. The number of allylic oxidation sites excluding steroid dienone is 2. The van der Waals surface area contributed by atoms with E-state index >= 15 is 0 Å². The Balaban J connectivity index is 1.38. The number of piperidine rings is 1. The lowest BCUT2D eigenvalue weighted by Crippen LogP contribution is -2.39. The van der Waals surface area contributed by atoms with Gasteiger partial charge in [-0.3, -0.25) is 9.69 Å². The lowest BCUT2D eigenvalue weighted by Gasteiger charge is -2.41. The van der Waals surface area contributed by atoms with Crippen LogP contribution in [0.25, 0.3) is 10.9 Å². The standard InChI is InChI=1S/C26H28N2O/c29-24-14-13-20-11-6-12-23(25(20)27-24)19-15-17-28(18-16-19)26(22-9-4-5-10-22)21-7-2-1-3-8-21/h1-8,11-14,19,22,26H,9-10,15-18H2,(H,27,29). The first kappa shape index (κ1) is 18.4. The summed E-state index contributed by atoms with van der Waals surface area (Å²) < 4.78 is 0. The molecule has 2 aromatic carbocycles. The smallest absolute Gasteiger partial charge is 0.248 e. The molecular weight excluding hydrogens is 356 g/mol. The van der Waals surface area contributed by atoms with Gasteiger partial charge in [0.1, 0.15) is 0 Å². The number of benzene rings is 2. The average Bonchev–Trinajstić information content (AvgIpc) is 3.29. The summed E-state index contributed by atoms with van der Waals surface area (Å²) in [7, 11) is 0. The van der Waals surface area contributed by atoms with E-state index in [4.69, 9.17) is 0 Å². The van der Waals surface area contributed by atoms with E-state index in [1.165, 1.54) is 24.0 Å². The summed E-state index contributed by atoms with van der Waals surface area (Å²) in [4.78, 5) is 17.7. The molecule has 0 radical (unpaired) electrons. The molecule has 1 saturated heterocycles. The number of aromatic amines is 1. The Morgan fingerprint density at radius 2 is 1.62 bits per heavy atom. The number of aromatic nitrogens is 1. The minimum Gasteiger partial charge on any atom is -0.322 e. The molecule has 0 amide bonds. The van der Waals surface area contributed by atoms with Gasteiger partial charge in [-0.2, -0.15) is 0 Å². The summed E-state index contributed by atoms with van der Waals surface area (Å²) in [6.07, 6.45) is 9.34. The zero-order chi connectivity index (χ0) is 19.6. The number of pyridine rings is 1. The number of hydrogen-bond donors (Lipinski definition) is 1. The van der Waals surface area contributed by atoms with Crippen LogP contribution in [0.2, 0.25) is 0 Å². The number of likely N-dealkylation sites (tertiary alicyclic amines) is 1. The number of fused-ring (bicyclic) bond motifs is 1. The topological polar surface area (TPSA) is 36.1 Å². The SMILES string of the molecule is O=c1ccc2cccc(C3CCN(C(c4ccccc4)C4CC=CC4)CC3)c2[nH]1. The number of nitrogens with zero attached hydrogens (tertiary/aromatic N) is 1. The molecule has 3 heteroatoms. The maximum atomic E-state index is 11.9. The number of rotatable bonds is 4. The van der Waals surface area contributed by atoms with Crippen molar-refractivity contribution in [2.45, 2.75) is 37.6 Å². The summed E-state index contributed by atoms with van der Waals surface area (Å²) in [6, 6.07) is 21.5. The molecule has 29 heavy (non-hydrogen) atoms. The Kier molecular flexibility index (Phi) is 5.07. The van der Waals surface area contributed by atoms with E-state index in [9.17, 15) is 4.79 Å². The minimum atomic E-state index is -0.0136. The summed E-state index contributed by atoms with van der Waals surface area (Å²) in [5, 5.41) is 1.13. The fraction of sp³-hybridized carbons (Fsp3) is 0.346. The molecular formula is C26H28N2O. The van der Waals surface area contributed by atoms with Gasteiger partial charge in [-0.25, -0.2) is 0 Å². The van der Waals surface area contributed by atoms with E-state index in [0.29, 0.717) is 17.9 Å². The normalized spacial score (nSPS) is 19.7. The van der Waals surface area contributed by atoms with Crippen molar-refractivity contribution in [3.63, 3.8) is 0 Å². The Bertz CT molecular complexity index is 1050. The molecule has 2 heterocycles. The Labute approximate surface area is 172 Å². The number of nitrogens with one attached hydrogen (secondary N) is 1. The molecule has 3 nitrogen and oxygen atoms in total. The van der Waals surface area contributed by atoms with Gasteiger partial charge in [0.2, 0.25) is 5.56 Å². The van der Waals surface area contributed by atoms with E-state index in [1.54, 1.807) is 6.07 Å². The first-order valence-electron chi connectivity index (χ1n) is 10.9. The molecule has 2 aliphatic rings. The van der Waals surface area contributed by atoms with Gasteiger partial charge in [-0.1, -0.05) is 60.7 Å². The Morgan fingerprint density at radius 3 is 2.38 bits per heavy atom. The van der Waals surface area contributed by atoms with E-state index < -0.39 is 0 Å². The molecule has 0 saturated carbocycles. The van der Waals surface area contributed by atoms with Gasteiger partial charge in [0.05, 0.1) is 5.52 Å². The van der Waals surface area contributed by atoms with Crippen LogP contribution >= 0.6 is 0 Å². The van der Waals surface area contributed by atoms with Crippen molar-refractivity contribution in [2.24, 2.45) is 5.92 Å². The lowest BCUT2D eigenvalue weighted by atomic mass is 9.84. The minimum absolute atomic E-state index is 0.0136. The second-order valence-electron chi connectivity index (χ2n) is 8.50. The highest BCUT2D eigenvalue weighted by molar-refractivity contribution is 5.82. The first-order chi connectivity index (χ1) is 14.3. The zero-order valence-electron chi connectivity index (χ0n) is 16.8. The van der Waals surface area contributed by atoms with Gasteiger partial charge in [0, 0.05) is 12.1 Å². The lowest BCUT2D eigenvalue weighted by molar-refractivity contribution is 0.111. The van der Waals surface area contributed by atoms with Gasteiger partial charge in [0.15, 0.2) is 0 Å². The predicted molar refractivity (Wildman–Crippen MR) is 119 cm³/mol. The summed E-state index contributed by atoms with van der Waals surface area (Å²) in [5.74, 6) is 1.19. The van der Waals surface area contributed by atoms with Crippen LogP contribution in [0.4, 0.5) is 0 Å². The van der Waals surface area contributed by atoms with Gasteiger partial charge in [0.25, 0.3) is 0 Å². The fourth-order valence-electron chi connectivity index (χ4n) is 5.36. The van der Waals surface area contributed by atoms with Crippen molar-refractivity contribution in [3.8, 4) is 0 Å². The largest absolute Gasteiger partial charge is 0.322 e. The molecule has 5 rings (SSSR count). The van der Waals surface area contributed by atoms with Crippen LogP contribution in [0.3, 0.4) is 0 Å². The highest BCUT2D eigenvalue weighted by Gasteiger charge is 2.32. The van der Waals surface area contributed by atoms with Crippen LogP contribution in [0.1, 0.15) is 48.8 Å². The molecule has 1 unspecified atom stereocenters. The number of para-hydroxylation sites is 1. The van der Waals surface area contributed by atoms with Crippen molar-refractivity contribution in [2.75, 3.05) is 13.1 Å². The second kappa shape index (κ2) is 8.00. The van der Waals surface area contributed by atoms with Crippen LogP contribution < -0.4 is 5.56 Å². The maximum Gasteiger partial charge on any atom is 0.248 e. The van der Waals surface area contributed by atoms with E-state index in [2.05, 4.69) is 70.6 Å². The zero-order valence-corrected chi connectivity index (χ0v) is 16.8. The molecule has 1 aliphatic carbocycles. The van der Waals surface area contributed by atoms with Crippen molar-refractivity contribution in [3.05, 3.63) is 94.3 Å². The van der Waals surface area contributed by atoms with Crippen molar-refractivity contribution in [1.82, 2.24) is 9.88 Å². The van der Waals surface area contributed by atoms with Crippen LogP contribution in [-0.2, 0) is 0 Å². The molecule has 0 spiro atoms. The van der Waals surface area contributed by atoms with Crippen LogP contribution in [0, 0.1) is 5.92 Å². The third-order valence-corrected chi connectivity index (χ3v) is 6.79. The third kappa shape index (κ3) is 3.67. The van der Waals surface area contributed by atoms with E-state index in [-0.39, 0.29) is 5.56 Å². The van der Waals surface area contributed by atoms with Crippen LogP contribution in [0.15, 0.2) is 77.6 Å². The Morgan fingerprint density at radius 1 is 0.862 bits per heavy atom. The molecule has 1 N–H and O–H groups in total. The number of hydrogen-bond acceptors (Lipinski definition) is 2. The summed E-state index contributed by atoms with van der Waals surface area (Å²) >= 11 is 0. The second-order valence-corrected chi connectivity index (χ2v) is 8.50. The number of H-pyrrole nitrogens is 1. The highest BCUT2D eigenvalue weighted by Crippen LogP contribution is 2.40.